The topological polar surface area (TPSA) is 73.6 Å². The lowest BCUT2D eigenvalue weighted by Crippen LogP contribution is -2.28. The van der Waals surface area contributed by atoms with Crippen molar-refractivity contribution >= 4 is 33.4 Å². The zero-order chi connectivity index (χ0) is 17.8. The maximum atomic E-state index is 12.5. The first kappa shape index (κ1) is 17.0. The Labute approximate surface area is 148 Å². The molecule has 0 aliphatic heterocycles. The first-order valence-electron chi connectivity index (χ1n) is 7.82. The van der Waals surface area contributed by atoms with Crippen molar-refractivity contribution in [1.29, 1.82) is 0 Å². The van der Waals surface area contributed by atoms with E-state index >= 15 is 0 Å². The van der Waals surface area contributed by atoms with Crippen LogP contribution < -0.4 is 4.80 Å². The fraction of sp³-hybridized carbons (Fsp3) is 0.222. The van der Waals surface area contributed by atoms with Crippen LogP contribution in [0, 0.1) is 0 Å². The molecule has 0 bridgehead atoms. The molecule has 0 radical (unpaired) electrons. The molecule has 25 heavy (non-hydrogen) atoms. The van der Waals surface area contributed by atoms with Gasteiger partial charge < -0.3 is 9.30 Å². The number of amides is 1. The van der Waals surface area contributed by atoms with Crippen LogP contribution in [0.25, 0.3) is 10.2 Å². The van der Waals surface area contributed by atoms with Gasteiger partial charge in [-0.1, -0.05) is 30.4 Å². The van der Waals surface area contributed by atoms with Gasteiger partial charge in [0.25, 0.3) is 5.91 Å². The predicted octanol–water partition coefficient (Wildman–Crippen LogP) is 2.96. The molecule has 3 rings (SSSR count). The number of benzene rings is 1. The minimum Gasteiger partial charge on any atom is -0.467 e. The van der Waals surface area contributed by atoms with Crippen LogP contribution in [-0.4, -0.2) is 28.5 Å². The summed E-state index contributed by atoms with van der Waals surface area (Å²) in [6, 6.07) is 10.5. The number of esters is 1. The number of hydrogen-bond acceptors (Lipinski definition) is 5. The summed E-state index contributed by atoms with van der Waals surface area (Å²) in [6.07, 6.45) is 3.60. The monoisotopic (exact) mass is 355 g/mol. The Hall–Kier alpha value is -2.80. The Morgan fingerprint density at radius 2 is 2.08 bits per heavy atom. The Morgan fingerprint density at radius 1 is 1.28 bits per heavy atom. The van der Waals surface area contributed by atoms with Gasteiger partial charge >= 0.3 is 5.97 Å². The molecule has 1 unspecified atom stereocenters. The van der Waals surface area contributed by atoms with E-state index in [4.69, 9.17) is 4.74 Å². The molecule has 0 aliphatic rings. The molecule has 1 atom stereocenters. The molecule has 0 spiro atoms. The van der Waals surface area contributed by atoms with Crippen LogP contribution in [0.1, 0.15) is 29.7 Å². The lowest BCUT2D eigenvalue weighted by molar-refractivity contribution is -0.144. The van der Waals surface area contributed by atoms with E-state index in [9.17, 15) is 9.59 Å². The number of thiazole rings is 1. The quantitative estimate of drug-likeness (QED) is 0.675. The zero-order valence-electron chi connectivity index (χ0n) is 13.9. The third-order valence-corrected chi connectivity index (χ3v) is 4.85. The van der Waals surface area contributed by atoms with Crippen molar-refractivity contribution in [1.82, 2.24) is 9.55 Å². The van der Waals surface area contributed by atoms with Gasteiger partial charge in [-0.05, 0) is 30.7 Å². The summed E-state index contributed by atoms with van der Waals surface area (Å²) in [5, 5.41) is 0. The lowest BCUT2D eigenvalue weighted by atomic mass is 10.2. The van der Waals surface area contributed by atoms with Crippen LogP contribution in [0.15, 0.2) is 53.8 Å². The summed E-state index contributed by atoms with van der Waals surface area (Å²) >= 11 is 1.37. The number of hydrogen-bond donors (Lipinski definition) is 0. The van der Waals surface area contributed by atoms with Crippen LogP contribution in [0.5, 0.6) is 0 Å². The molecular weight excluding hydrogens is 338 g/mol. The number of aromatic nitrogens is 2. The van der Waals surface area contributed by atoms with E-state index in [0.717, 1.165) is 10.2 Å². The van der Waals surface area contributed by atoms with E-state index in [0.29, 0.717) is 16.8 Å². The Morgan fingerprint density at radius 3 is 2.76 bits per heavy atom. The van der Waals surface area contributed by atoms with Gasteiger partial charge in [-0.25, -0.2) is 4.79 Å². The standard InChI is InChI=1S/C18H17N3O3S/c1-3-13(17(23)24-2)21-14-8-4-5-9-15(14)25-18(21)20-16(22)12-7-6-10-19-11-12/h4-11,13H,3H2,1-2H3. The van der Waals surface area contributed by atoms with E-state index in [-0.39, 0.29) is 5.97 Å². The summed E-state index contributed by atoms with van der Waals surface area (Å²) in [4.78, 5) is 33.3. The fourth-order valence-electron chi connectivity index (χ4n) is 2.60. The fourth-order valence-corrected chi connectivity index (χ4v) is 3.67. The number of ether oxygens (including phenoxy) is 1. The summed E-state index contributed by atoms with van der Waals surface area (Å²) in [7, 11) is 1.36. The molecule has 0 saturated carbocycles. The van der Waals surface area contributed by atoms with Crippen molar-refractivity contribution in [2.24, 2.45) is 4.99 Å². The molecule has 128 valence electrons. The highest BCUT2D eigenvalue weighted by Crippen LogP contribution is 2.23. The number of pyridine rings is 1. The normalized spacial score (nSPS) is 13.0. The molecule has 0 saturated heterocycles. The molecule has 1 aromatic carbocycles. The van der Waals surface area contributed by atoms with Crippen molar-refractivity contribution < 1.29 is 14.3 Å². The molecule has 7 heteroatoms. The molecule has 1 amide bonds. The smallest absolute Gasteiger partial charge is 0.328 e. The van der Waals surface area contributed by atoms with Gasteiger partial charge in [-0.2, -0.15) is 4.99 Å². The van der Waals surface area contributed by atoms with Gasteiger partial charge in [0.2, 0.25) is 0 Å². The molecule has 2 aromatic heterocycles. The number of fused-ring (bicyclic) bond motifs is 1. The van der Waals surface area contributed by atoms with E-state index in [1.807, 2.05) is 31.2 Å². The maximum Gasteiger partial charge on any atom is 0.328 e. The first-order chi connectivity index (χ1) is 12.2. The lowest BCUT2D eigenvalue weighted by Gasteiger charge is -2.15. The number of carbonyl (C=O) groups excluding carboxylic acids is 2. The predicted molar refractivity (Wildman–Crippen MR) is 95.3 cm³/mol. The van der Waals surface area contributed by atoms with Crippen LogP contribution in [0.3, 0.4) is 0 Å². The van der Waals surface area contributed by atoms with Gasteiger partial charge in [0.05, 0.1) is 22.9 Å². The second-order valence-corrected chi connectivity index (χ2v) is 6.34. The number of rotatable bonds is 4. The minimum atomic E-state index is -0.540. The highest BCUT2D eigenvalue weighted by atomic mass is 32.1. The van der Waals surface area contributed by atoms with E-state index < -0.39 is 11.9 Å². The van der Waals surface area contributed by atoms with Gasteiger partial charge in [-0.3, -0.25) is 9.78 Å². The van der Waals surface area contributed by atoms with Gasteiger partial charge in [-0.15, -0.1) is 0 Å². The minimum absolute atomic E-state index is 0.360. The van der Waals surface area contributed by atoms with Crippen LogP contribution in [0.2, 0.25) is 0 Å². The van der Waals surface area contributed by atoms with Gasteiger partial charge in [0, 0.05) is 12.4 Å². The average Bonchev–Trinajstić information content (AvgIpc) is 3.01. The van der Waals surface area contributed by atoms with Gasteiger partial charge in [0.1, 0.15) is 6.04 Å². The number of nitrogens with zero attached hydrogens (tertiary/aromatic N) is 3. The summed E-state index contributed by atoms with van der Waals surface area (Å²) in [5.41, 5.74) is 1.25. The summed E-state index contributed by atoms with van der Waals surface area (Å²) in [5.74, 6) is -0.755. The Balaban J connectivity index is 2.21. The highest BCUT2D eigenvalue weighted by Gasteiger charge is 2.23. The van der Waals surface area contributed by atoms with E-state index in [2.05, 4.69) is 9.98 Å². The Bertz CT molecular complexity index is 976. The SMILES string of the molecule is CCC(C(=O)OC)n1c(=NC(=O)c2cccnc2)sc2ccccc21. The van der Waals surface area contributed by atoms with Crippen molar-refractivity contribution in [3.05, 3.63) is 59.2 Å². The largest absolute Gasteiger partial charge is 0.467 e. The average molecular weight is 355 g/mol. The second-order valence-electron chi connectivity index (χ2n) is 5.33. The highest BCUT2D eigenvalue weighted by molar-refractivity contribution is 7.16. The number of para-hydroxylation sites is 1. The summed E-state index contributed by atoms with van der Waals surface area (Å²) in [6.45, 7) is 1.90. The molecule has 0 fully saturated rings. The van der Waals surface area contributed by atoms with E-state index in [1.165, 1.54) is 24.6 Å². The third-order valence-electron chi connectivity index (χ3n) is 3.81. The Kier molecular flexibility index (Phi) is 5.04. The van der Waals surface area contributed by atoms with Crippen molar-refractivity contribution in [3.63, 3.8) is 0 Å². The van der Waals surface area contributed by atoms with Crippen molar-refractivity contribution in [2.75, 3.05) is 7.11 Å². The molecule has 2 heterocycles. The van der Waals surface area contributed by atoms with Crippen LogP contribution in [-0.2, 0) is 9.53 Å². The molecule has 3 aromatic rings. The van der Waals surface area contributed by atoms with Crippen LogP contribution in [0.4, 0.5) is 0 Å². The number of carbonyl (C=O) groups is 2. The molecular formula is C18H17N3O3S. The van der Waals surface area contributed by atoms with Crippen LogP contribution >= 0.6 is 11.3 Å². The molecule has 0 N–H and O–H groups in total. The van der Waals surface area contributed by atoms with Gasteiger partial charge in [0.15, 0.2) is 4.80 Å². The number of methoxy groups -OCH3 is 1. The zero-order valence-corrected chi connectivity index (χ0v) is 14.7. The van der Waals surface area contributed by atoms with E-state index in [1.54, 1.807) is 22.9 Å². The molecule has 6 nitrogen and oxygen atoms in total. The third kappa shape index (κ3) is 3.36. The van der Waals surface area contributed by atoms with Crippen molar-refractivity contribution in [3.8, 4) is 0 Å². The second kappa shape index (κ2) is 7.40. The summed E-state index contributed by atoms with van der Waals surface area (Å²) < 4.78 is 7.65. The molecule has 0 aliphatic carbocycles. The first-order valence-corrected chi connectivity index (χ1v) is 8.64. The maximum absolute atomic E-state index is 12.5. The van der Waals surface area contributed by atoms with Crippen molar-refractivity contribution in [2.45, 2.75) is 19.4 Å².